The fourth-order valence-corrected chi connectivity index (χ4v) is 2.43. The third kappa shape index (κ3) is 0.877. The molecule has 52 valence electrons. The smallest absolute Gasteiger partial charge is 0.00983 e. The van der Waals surface area contributed by atoms with E-state index < -0.39 is 0 Å². The second kappa shape index (κ2) is 1.98. The van der Waals surface area contributed by atoms with Crippen molar-refractivity contribution in [2.75, 3.05) is 0 Å². The van der Waals surface area contributed by atoms with Crippen LogP contribution < -0.4 is 5.32 Å². The molecule has 1 heterocycles. The highest BCUT2D eigenvalue weighted by Crippen LogP contribution is 2.34. The Bertz CT molecular complexity index is 99.1. The van der Waals surface area contributed by atoms with Crippen LogP contribution in [0.25, 0.3) is 0 Å². The maximum Gasteiger partial charge on any atom is 0.00983 e. The van der Waals surface area contributed by atoms with Gasteiger partial charge in [0.25, 0.3) is 0 Å². The second-order valence-electron chi connectivity index (χ2n) is 3.60. The van der Waals surface area contributed by atoms with Crippen molar-refractivity contribution in [3.63, 3.8) is 0 Å². The molecule has 1 aliphatic carbocycles. The molecule has 1 saturated heterocycles. The lowest BCUT2D eigenvalue weighted by molar-refractivity contribution is 0.518. The van der Waals surface area contributed by atoms with Crippen LogP contribution in [-0.2, 0) is 0 Å². The van der Waals surface area contributed by atoms with Gasteiger partial charge in [0.05, 0.1) is 0 Å². The first-order valence-corrected chi connectivity index (χ1v) is 4.12. The van der Waals surface area contributed by atoms with Crippen molar-refractivity contribution < 1.29 is 0 Å². The molecule has 0 aromatic heterocycles. The highest BCUT2D eigenvalue weighted by Gasteiger charge is 2.34. The molecular weight excluding hydrogens is 110 g/mol. The Morgan fingerprint density at radius 3 is 3.00 bits per heavy atom. The summed E-state index contributed by atoms with van der Waals surface area (Å²) in [5.74, 6) is 1.04. The summed E-state index contributed by atoms with van der Waals surface area (Å²) in [6.07, 6.45) is 5.83. The van der Waals surface area contributed by atoms with Gasteiger partial charge in [0.2, 0.25) is 0 Å². The van der Waals surface area contributed by atoms with Crippen molar-refractivity contribution in [3.05, 3.63) is 0 Å². The quantitative estimate of drug-likeness (QED) is 0.518. The van der Waals surface area contributed by atoms with Gasteiger partial charge in [0.1, 0.15) is 0 Å². The van der Waals surface area contributed by atoms with Crippen LogP contribution in [0.15, 0.2) is 0 Å². The van der Waals surface area contributed by atoms with E-state index in [4.69, 9.17) is 0 Å². The Labute approximate surface area is 56.8 Å². The molecule has 9 heavy (non-hydrogen) atoms. The minimum absolute atomic E-state index is 0.806. The fourth-order valence-electron chi connectivity index (χ4n) is 2.43. The molecule has 2 rings (SSSR count). The SMILES string of the molecule is C[C@H]1CC2CCCC2N1. The molecule has 2 fully saturated rings. The topological polar surface area (TPSA) is 12.0 Å². The van der Waals surface area contributed by atoms with Gasteiger partial charge in [-0.15, -0.1) is 0 Å². The lowest BCUT2D eigenvalue weighted by Crippen LogP contribution is -2.26. The van der Waals surface area contributed by atoms with E-state index >= 15 is 0 Å². The normalized spacial score (nSPS) is 49.7. The highest BCUT2D eigenvalue weighted by atomic mass is 15.0. The first-order chi connectivity index (χ1) is 4.36. The number of hydrogen-bond acceptors (Lipinski definition) is 1. The third-order valence-electron chi connectivity index (χ3n) is 2.81. The molecular formula is C8H15N. The number of hydrogen-bond donors (Lipinski definition) is 1. The van der Waals surface area contributed by atoms with Crippen LogP contribution in [-0.4, -0.2) is 12.1 Å². The van der Waals surface area contributed by atoms with Crippen LogP contribution in [0.3, 0.4) is 0 Å². The molecule has 1 nitrogen and oxygen atoms in total. The van der Waals surface area contributed by atoms with Gasteiger partial charge < -0.3 is 5.32 Å². The van der Waals surface area contributed by atoms with Gasteiger partial charge in [0, 0.05) is 12.1 Å². The van der Waals surface area contributed by atoms with Crippen molar-refractivity contribution in [2.24, 2.45) is 5.92 Å². The van der Waals surface area contributed by atoms with E-state index in [0.717, 1.165) is 18.0 Å². The second-order valence-corrected chi connectivity index (χ2v) is 3.60. The number of rotatable bonds is 0. The molecule has 0 aromatic rings. The van der Waals surface area contributed by atoms with Crippen molar-refractivity contribution in [1.82, 2.24) is 5.32 Å². The molecule has 1 aliphatic heterocycles. The molecule has 1 saturated carbocycles. The van der Waals surface area contributed by atoms with E-state index in [2.05, 4.69) is 12.2 Å². The Morgan fingerprint density at radius 2 is 2.22 bits per heavy atom. The molecule has 2 unspecified atom stereocenters. The van der Waals surface area contributed by atoms with Gasteiger partial charge in [-0.25, -0.2) is 0 Å². The largest absolute Gasteiger partial charge is 0.311 e. The molecule has 2 aliphatic rings. The van der Waals surface area contributed by atoms with Crippen molar-refractivity contribution >= 4 is 0 Å². The average Bonchev–Trinajstić information content (AvgIpc) is 2.22. The van der Waals surface area contributed by atoms with Crippen LogP contribution in [0.5, 0.6) is 0 Å². The zero-order chi connectivity index (χ0) is 6.27. The first-order valence-electron chi connectivity index (χ1n) is 4.12. The average molecular weight is 125 g/mol. The zero-order valence-electron chi connectivity index (χ0n) is 6.06. The summed E-state index contributed by atoms with van der Waals surface area (Å²) in [5, 5.41) is 3.62. The molecule has 0 aromatic carbocycles. The maximum absolute atomic E-state index is 3.62. The summed E-state index contributed by atoms with van der Waals surface area (Å²) in [5.41, 5.74) is 0. The van der Waals surface area contributed by atoms with Crippen LogP contribution in [0, 0.1) is 5.92 Å². The molecule has 0 amide bonds. The predicted octanol–water partition coefficient (Wildman–Crippen LogP) is 1.54. The zero-order valence-corrected chi connectivity index (χ0v) is 6.06. The van der Waals surface area contributed by atoms with Gasteiger partial charge in [-0.2, -0.15) is 0 Å². The third-order valence-corrected chi connectivity index (χ3v) is 2.81. The summed E-state index contributed by atoms with van der Waals surface area (Å²) in [6, 6.07) is 1.71. The van der Waals surface area contributed by atoms with E-state index in [9.17, 15) is 0 Å². The predicted molar refractivity (Wildman–Crippen MR) is 38.3 cm³/mol. The Kier molecular flexibility index (Phi) is 1.26. The van der Waals surface area contributed by atoms with Crippen LogP contribution in [0.2, 0.25) is 0 Å². The van der Waals surface area contributed by atoms with E-state index in [1.807, 2.05) is 0 Å². The molecule has 0 bridgehead atoms. The minimum Gasteiger partial charge on any atom is -0.311 e. The monoisotopic (exact) mass is 125 g/mol. The first kappa shape index (κ1) is 5.72. The molecule has 0 spiro atoms. The van der Waals surface area contributed by atoms with E-state index in [0.29, 0.717) is 0 Å². The Balaban J connectivity index is 2.02. The van der Waals surface area contributed by atoms with E-state index in [1.165, 1.54) is 25.7 Å². The Hall–Kier alpha value is -0.0400. The van der Waals surface area contributed by atoms with Gasteiger partial charge in [-0.3, -0.25) is 0 Å². The maximum atomic E-state index is 3.62. The van der Waals surface area contributed by atoms with E-state index in [1.54, 1.807) is 0 Å². The molecule has 0 radical (unpaired) electrons. The summed E-state index contributed by atoms with van der Waals surface area (Å²) in [6.45, 7) is 2.30. The molecule has 1 N–H and O–H groups in total. The molecule has 1 heteroatoms. The summed E-state index contributed by atoms with van der Waals surface area (Å²) < 4.78 is 0. The number of fused-ring (bicyclic) bond motifs is 1. The van der Waals surface area contributed by atoms with Crippen molar-refractivity contribution in [3.8, 4) is 0 Å². The lowest BCUT2D eigenvalue weighted by Gasteiger charge is -2.06. The molecule has 3 atom stereocenters. The summed E-state index contributed by atoms with van der Waals surface area (Å²) in [7, 11) is 0. The fraction of sp³-hybridized carbons (Fsp3) is 1.00. The summed E-state index contributed by atoms with van der Waals surface area (Å²) in [4.78, 5) is 0. The van der Waals surface area contributed by atoms with Crippen LogP contribution in [0.1, 0.15) is 32.6 Å². The van der Waals surface area contributed by atoms with Gasteiger partial charge in [-0.05, 0) is 32.1 Å². The van der Waals surface area contributed by atoms with Crippen molar-refractivity contribution in [1.29, 1.82) is 0 Å². The number of nitrogens with one attached hydrogen (secondary N) is 1. The van der Waals surface area contributed by atoms with Gasteiger partial charge in [-0.1, -0.05) is 6.42 Å². The van der Waals surface area contributed by atoms with Crippen LogP contribution in [0.4, 0.5) is 0 Å². The van der Waals surface area contributed by atoms with Gasteiger partial charge >= 0.3 is 0 Å². The lowest BCUT2D eigenvalue weighted by atomic mass is 10.0. The minimum atomic E-state index is 0.806. The van der Waals surface area contributed by atoms with Crippen molar-refractivity contribution in [2.45, 2.75) is 44.7 Å². The van der Waals surface area contributed by atoms with Crippen LogP contribution >= 0.6 is 0 Å². The standard InChI is InChI=1S/C8H15N/c1-6-5-7-3-2-4-8(7)9-6/h6-9H,2-5H2,1H3/t6-,7?,8?/m0/s1. The highest BCUT2D eigenvalue weighted by molar-refractivity contribution is 4.92. The van der Waals surface area contributed by atoms with E-state index in [-0.39, 0.29) is 0 Å². The Morgan fingerprint density at radius 1 is 1.33 bits per heavy atom. The summed E-state index contributed by atoms with van der Waals surface area (Å²) >= 11 is 0. The van der Waals surface area contributed by atoms with Gasteiger partial charge in [0.15, 0.2) is 0 Å².